The number of ketones is 1. The molecule has 2 heterocycles. The zero-order chi connectivity index (χ0) is 19.8. The second kappa shape index (κ2) is 7.37. The minimum absolute atomic E-state index is 0.0581. The van der Waals surface area contributed by atoms with E-state index in [9.17, 15) is 19.2 Å². The molecular formula is C21H25N3O4. The van der Waals surface area contributed by atoms with Crippen molar-refractivity contribution >= 4 is 29.3 Å². The number of benzene rings is 1. The molecule has 7 heteroatoms. The van der Waals surface area contributed by atoms with Crippen molar-refractivity contribution in [1.29, 1.82) is 0 Å². The average molecular weight is 383 g/mol. The first-order valence-electron chi connectivity index (χ1n) is 10.0. The van der Waals surface area contributed by atoms with Crippen molar-refractivity contribution in [3.05, 3.63) is 29.8 Å². The molecule has 0 aromatic heterocycles. The largest absolute Gasteiger partial charge is 0.338 e. The van der Waals surface area contributed by atoms with Crippen molar-refractivity contribution in [2.75, 3.05) is 24.5 Å². The molecule has 4 amide bonds. The monoisotopic (exact) mass is 383 g/mol. The van der Waals surface area contributed by atoms with E-state index in [4.69, 9.17) is 0 Å². The third-order valence-corrected chi connectivity index (χ3v) is 6.12. The molecule has 148 valence electrons. The second-order valence-corrected chi connectivity index (χ2v) is 7.89. The lowest BCUT2D eigenvalue weighted by atomic mass is 9.88. The van der Waals surface area contributed by atoms with Crippen LogP contribution in [0.2, 0.25) is 0 Å². The Balaban J connectivity index is 1.50. The van der Waals surface area contributed by atoms with Gasteiger partial charge in [0.25, 0.3) is 5.91 Å². The number of fused-ring (bicyclic) bond motifs is 1. The van der Waals surface area contributed by atoms with Gasteiger partial charge in [0.05, 0.1) is 12.2 Å². The molecule has 1 aliphatic carbocycles. The predicted molar refractivity (Wildman–Crippen MR) is 103 cm³/mol. The Morgan fingerprint density at radius 2 is 1.64 bits per heavy atom. The molecule has 0 bridgehead atoms. The number of rotatable bonds is 3. The summed E-state index contributed by atoms with van der Waals surface area (Å²) >= 11 is 0. The smallest absolute Gasteiger partial charge is 0.332 e. The molecule has 2 aliphatic heterocycles. The molecule has 3 aliphatic rings. The highest BCUT2D eigenvalue weighted by Crippen LogP contribution is 2.30. The molecule has 7 nitrogen and oxygen atoms in total. The van der Waals surface area contributed by atoms with Gasteiger partial charge in [-0.3, -0.25) is 14.4 Å². The van der Waals surface area contributed by atoms with Gasteiger partial charge in [-0.2, -0.15) is 0 Å². The van der Waals surface area contributed by atoms with Gasteiger partial charge in [-0.05, 0) is 44.0 Å². The summed E-state index contributed by atoms with van der Waals surface area (Å²) < 4.78 is 0. The highest BCUT2D eigenvalue weighted by atomic mass is 16.2. The standard InChI is InChI=1S/C21H25N3O4/c1-14(25)15-7-9-17(10-8-15)24-20(27)18-13-22(11-12-23(18)21(24)28)19(26)16-5-3-2-4-6-16/h7-10,16,18H,2-6,11-13H2,1H3/t18-/m1/s1. The van der Waals surface area contributed by atoms with Gasteiger partial charge < -0.3 is 9.80 Å². The van der Waals surface area contributed by atoms with E-state index < -0.39 is 6.04 Å². The lowest BCUT2D eigenvalue weighted by molar-refractivity contribution is -0.139. The van der Waals surface area contributed by atoms with Crippen LogP contribution in [-0.2, 0) is 9.59 Å². The van der Waals surface area contributed by atoms with E-state index in [1.54, 1.807) is 34.1 Å². The van der Waals surface area contributed by atoms with E-state index in [0.717, 1.165) is 25.7 Å². The van der Waals surface area contributed by atoms with Gasteiger partial charge in [0.2, 0.25) is 5.91 Å². The van der Waals surface area contributed by atoms with Crippen LogP contribution in [0, 0.1) is 5.92 Å². The minimum atomic E-state index is -0.624. The maximum Gasteiger partial charge on any atom is 0.332 e. The van der Waals surface area contributed by atoms with Crippen LogP contribution in [0.5, 0.6) is 0 Å². The van der Waals surface area contributed by atoms with Crippen molar-refractivity contribution in [3.8, 4) is 0 Å². The van der Waals surface area contributed by atoms with E-state index in [-0.39, 0.29) is 36.1 Å². The SMILES string of the molecule is CC(=O)c1ccc(N2C(=O)[C@H]3CN(C(=O)C4CCCCC4)CCN3C2=O)cc1. The third-order valence-electron chi connectivity index (χ3n) is 6.12. The third kappa shape index (κ3) is 3.19. The molecule has 0 unspecified atom stereocenters. The fourth-order valence-corrected chi connectivity index (χ4v) is 4.49. The summed E-state index contributed by atoms with van der Waals surface area (Å²) in [6, 6.07) is 5.51. The second-order valence-electron chi connectivity index (χ2n) is 7.89. The quantitative estimate of drug-likeness (QED) is 0.593. The summed E-state index contributed by atoms with van der Waals surface area (Å²) in [7, 11) is 0. The Hall–Kier alpha value is -2.70. The van der Waals surface area contributed by atoms with E-state index in [1.165, 1.54) is 18.2 Å². The van der Waals surface area contributed by atoms with Crippen molar-refractivity contribution in [3.63, 3.8) is 0 Å². The highest BCUT2D eigenvalue weighted by molar-refractivity contribution is 6.21. The maximum absolute atomic E-state index is 13.0. The number of piperazine rings is 1. The maximum atomic E-state index is 13.0. The number of hydrogen-bond acceptors (Lipinski definition) is 4. The Bertz CT molecular complexity index is 813. The average Bonchev–Trinajstić information content (AvgIpc) is 2.98. The zero-order valence-electron chi connectivity index (χ0n) is 16.1. The Morgan fingerprint density at radius 3 is 2.29 bits per heavy atom. The van der Waals surface area contributed by atoms with Gasteiger partial charge in [-0.15, -0.1) is 0 Å². The van der Waals surface area contributed by atoms with Gasteiger partial charge >= 0.3 is 6.03 Å². The zero-order valence-corrected chi connectivity index (χ0v) is 16.1. The molecule has 1 saturated carbocycles. The number of amides is 4. The Labute approximate surface area is 164 Å². The summed E-state index contributed by atoms with van der Waals surface area (Å²) in [5.74, 6) is -0.187. The van der Waals surface area contributed by atoms with Gasteiger partial charge in [0.15, 0.2) is 5.78 Å². The minimum Gasteiger partial charge on any atom is -0.338 e. The summed E-state index contributed by atoms with van der Waals surface area (Å²) in [6.07, 6.45) is 5.20. The molecule has 0 radical (unpaired) electrons. The van der Waals surface area contributed by atoms with E-state index in [1.807, 2.05) is 0 Å². The van der Waals surface area contributed by atoms with Crippen LogP contribution in [-0.4, -0.2) is 59.1 Å². The summed E-state index contributed by atoms with van der Waals surface area (Å²) in [4.78, 5) is 54.6. The number of carbonyl (C=O) groups is 4. The van der Waals surface area contributed by atoms with E-state index in [2.05, 4.69) is 0 Å². The lowest BCUT2D eigenvalue weighted by Crippen LogP contribution is -2.55. The van der Waals surface area contributed by atoms with Crippen LogP contribution < -0.4 is 4.90 Å². The number of carbonyl (C=O) groups excluding carboxylic acids is 4. The fraction of sp³-hybridized carbons (Fsp3) is 0.524. The van der Waals surface area contributed by atoms with Crippen LogP contribution in [0.1, 0.15) is 49.4 Å². The molecule has 2 saturated heterocycles. The number of nitrogens with zero attached hydrogens (tertiary/aromatic N) is 3. The number of imide groups is 1. The first-order chi connectivity index (χ1) is 13.5. The van der Waals surface area contributed by atoms with Crippen LogP contribution in [0.25, 0.3) is 0 Å². The molecule has 1 aromatic carbocycles. The first kappa shape index (κ1) is 18.7. The van der Waals surface area contributed by atoms with Gasteiger partial charge in [0, 0.05) is 24.6 Å². The van der Waals surface area contributed by atoms with Crippen LogP contribution >= 0.6 is 0 Å². The van der Waals surface area contributed by atoms with E-state index in [0.29, 0.717) is 24.3 Å². The van der Waals surface area contributed by atoms with Crippen molar-refractivity contribution in [2.45, 2.75) is 45.1 Å². The van der Waals surface area contributed by atoms with Crippen LogP contribution in [0.4, 0.5) is 10.5 Å². The highest BCUT2D eigenvalue weighted by Gasteiger charge is 2.49. The molecule has 3 fully saturated rings. The predicted octanol–water partition coefficient (Wildman–Crippen LogP) is 2.45. The first-order valence-corrected chi connectivity index (χ1v) is 10.0. The Kier molecular flexibility index (Phi) is 4.91. The molecular weight excluding hydrogens is 358 g/mol. The van der Waals surface area contributed by atoms with Gasteiger partial charge in [0.1, 0.15) is 6.04 Å². The number of urea groups is 1. The van der Waals surface area contributed by atoms with Crippen LogP contribution in [0.15, 0.2) is 24.3 Å². The lowest BCUT2D eigenvalue weighted by Gasteiger charge is -2.37. The molecule has 0 spiro atoms. The Morgan fingerprint density at radius 1 is 0.964 bits per heavy atom. The van der Waals surface area contributed by atoms with Crippen LogP contribution in [0.3, 0.4) is 0 Å². The summed E-state index contributed by atoms with van der Waals surface area (Å²) in [5, 5.41) is 0. The van der Waals surface area contributed by atoms with Crippen molar-refractivity contribution < 1.29 is 19.2 Å². The molecule has 1 atom stereocenters. The van der Waals surface area contributed by atoms with Gasteiger partial charge in [-0.25, -0.2) is 9.69 Å². The van der Waals surface area contributed by atoms with Gasteiger partial charge in [-0.1, -0.05) is 19.3 Å². The van der Waals surface area contributed by atoms with Crippen molar-refractivity contribution in [1.82, 2.24) is 9.80 Å². The summed E-state index contributed by atoms with van der Waals surface area (Å²) in [6.45, 7) is 2.58. The fourth-order valence-electron chi connectivity index (χ4n) is 4.49. The molecule has 0 N–H and O–H groups in total. The molecule has 28 heavy (non-hydrogen) atoms. The summed E-state index contributed by atoms with van der Waals surface area (Å²) in [5.41, 5.74) is 0.990. The van der Waals surface area contributed by atoms with E-state index >= 15 is 0 Å². The number of hydrogen-bond donors (Lipinski definition) is 0. The number of Topliss-reactive ketones (excluding diaryl/α,β-unsaturated/α-hetero) is 1. The topological polar surface area (TPSA) is 78.0 Å². The number of anilines is 1. The molecule has 4 rings (SSSR count). The van der Waals surface area contributed by atoms with Crippen molar-refractivity contribution in [2.24, 2.45) is 5.92 Å². The normalized spacial score (nSPS) is 23.2. The molecule has 1 aromatic rings.